The number of hydrogen-bond donors (Lipinski definition) is 0. The fourth-order valence-corrected chi connectivity index (χ4v) is 3.98. The highest BCUT2D eigenvalue weighted by molar-refractivity contribution is 9.10. The Kier molecular flexibility index (Phi) is 5.59. The molecule has 0 aliphatic heterocycles. The summed E-state index contributed by atoms with van der Waals surface area (Å²) in [5, 5.41) is 0.605. The molecule has 6 heteroatoms. The second-order valence-electron chi connectivity index (χ2n) is 6.49. The second-order valence-corrected chi connectivity index (χ2v) is 8.22. The minimum Gasteiger partial charge on any atom is -0.486 e. The van der Waals surface area contributed by atoms with Crippen molar-refractivity contribution in [3.63, 3.8) is 0 Å². The lowest BCUT2D eigenvalue weighted by atomic mass is 10.1. The third kappa shape index (κ3) is 4.01. The first kappa shape index (κ1) is 19.9. The number of ketones is 2. The average Bonchev–Trinajstić information content (AvgIpc) is 2.94. The van der Waals surface area contributed by atoms with Gasteiger partial charge in [-0.2, -0.15) is 0 Å². The maximum Gasteiger partial charge on any atom is 0.197 e. The van der Waals surface area contributed by atoms with Crippen molar-refractivity contribution < 1.29 is 14.3 Å². The molecule has 0 unspecified atom stereocenters. The van der Waals surface area contributed by atoms with E-state index in [4.69, 9.17) is 27.9 Å². The van der Waals surface area contributed by atoms with Crippen molar-refractivity contribution in [3.8, 4) is 5.75 Å². The maximum absolute atomic E-state index is 12.5. The summed E-state index contributed by atoms with van der Waals surface area (Å²) in [6, 6.07) is 17.7. The van der Waals surface area contributed by atoms with Crippen molar-refractivity contribution in [2.24, 2.45) is 0 Å². The molecule has 3 aromatic rings. The van der Waals surface area contributed by atoms with Crippen LogP contribution in [-0.4, -0.2) is 11.6 Å². The summed E-state index contributed by atoms with van der Waals surface area (Å²) < 4.78 is 6.76. The van der Waals surface area contributed by atoms with Crippen LogP contribution in [-0.2, 0) is 6.61 Å². The molecule has 144 valence electrons. The molecule has 0 radical (unpaired) electrons. The smallest absolute Gasteiger partial charge is 0.197 e. The van der Waals surface area contributed by atoms with Crippen molar-refractivity contribution >= 4 is 56.8 Å². The Morgan fingerprint density at radius 3 is 1.97 bits per heavy atom. The normalized spacial score (nSPS) is 12.9. The number of carbonyl (C=O) groups is 2. The van der Waals surface area contributed by atoms with E-state index >= 15 is 0 Å². The molecule has 3 aromatic carbocycles. The van der Waals surface area contributed by atoms with E-state index in [1.54, 1.807) is 36.4 Å². The highest BCUT2D eigenvalue weighted by Gasteiger charge is 2.32. The average molecular weight is 488 g/mol. The molecule has 0 N–H and O–H groups in total. The van der Waals surface area contributed by atoms with Crippen LogP contribution >= 0.6 is 39.1 Å². The van der Waals surface area contributed by atoms with Crippen molar-refractivity contribution in [1.82, 2.24) is 0 Å². The number of fused-ring (bicyclic) bond motifs is 1. The van der Waals surface area contributed by atoms with Gasteiger partial charge in [-0.25, -0.2) is 0 Å². The van der Waals surface area contributed by atoms with E-state index in [1.165, 1.54) is 6.08 Å². The van der Waals surface area contributed by atoms with Crippen LogP contribution in [0, 0.1) is 0 Å². The molecular formula is C23H13BrCl2O3. The van der Waals surface area contributed by atoms with Crippen molar-refractivity contribution in [2.75, 3.05) is 0 Å². The molecule has 0 spiro atoms. The number of rotatable bonds is 4. The Morgan fingerprint density at radius 2 is 1.41 bits per heavy atom. The number of benzene rings is 3. The predicted molar refractivity (Wildman–Crippen MR) is 118 cm³/mol. The van der Waals surface area contributed by atoms with Crippen molar-refractivity contribution in [1.29, 1.82) is 0 Å². The Bertz CT molecular complexity index is 1110. The molecule has 0 fully saturated rings. The first-order chi connectivity index (χ1) is 13.9. The molecule has 0 bridgehead atoms. The van der Waals surface area contributed by atoms with Gasteiger partial charge < -0.3 is 4.74 Å². The molecule has 0 saturated heterocycles. The first-order valence-corrected chi connectivity index (χ1v) is 10.3. The highest BCUT2D eigenvalue weighted by atomic mass is 79.9. The SMILES string of the molecule is O=C1C(=Cc2cc(Cl)c(OCc3ccc(Br)cc3)c(Cl)c2)C(=O)c2ccccc21. The van der Waals surface area contributed by atoms with Gasteiger partial charge in [-0.3, -0.25) is 9.59 Å². The third-order valence-corrected chi connectivity index (χ3v) is 5.62. The lowest BCUT2D eigenvalue weighted by molar-refractivity contribution is 0.0990. The highest BCUT2D eigenvalue weighted by Crippen LogP contribution is 2.36. The molecule has 0 amide bonds. The van der Waals surface area contributed by atoms with Crippen LogP contribution in [0.2, 0.25) is 10.0 Å². The van der Waals surface area contributed by atoms with Gasteiger partial charge in [0.05, 0.1) is 15.6 Å². The molecule has 1 aliphatic carbocycles. The van der Waals surface area contributed by atoms with E-state index in [0.717, 1.165) is 10.0 Å². The summed E-state index contributed by atoms with van der Waals surface area (Å²) in [7, 11) is 0. The minimum absolute atomic E-state index is 0.0989. The van der Waals surface area contributed by atoms with Crippen LogP contribution < -0.4 is 4.74 Å². The molecular weight excluding hydrogens is 475 g/mol. The number of Topliss-reactive ketones (excluding diaryl/α,β-unsaturated/α-hetero) is 2. The predicted octanol–water partition coefficient (Wildman–Crippen LogP) is 6.80. The standard InChI is InChI=1S/C23H13BrCl2O3/c24-15-7-5-13(6-8-15)12-29-23-19(25)10-14(11-20(23)26)9-18-21(27)16-3-1-2-4-17(16)22(18)28/h1-11H,12H2. The fraction of sp³-hybridized carbons (Fsp3) is 0.0435. The third-order valence-electron chi connectivity index (χ3n) is 4.53. The van der Waals surface area contributed by atoms with Crippen molar-refractivity contribution in [2.45, 2.75) is 6.61 Å². The van der Waals surface area contributed by atoms with E-state index < -0.39 is 0 Å². The van der Waals surface area contributed by atoms with Gasteiger partial charge in [0.15, 0.2) is 17.3 Å². The maximum atomic E-state index is 12.5. The van der Waals surface area contributed by atoms with E-state index in [1.807, 2.05) is 24.3 Å². The zero-order chi connectivity index (χ0) is 20.5. The van der Waals surface area contributed by atoms with E-state index in [0.29, 0.717) is 39.1 Å². The molecule has 29 heavy (non-hydrogen) atoms. The lowest BCUT2D eigenvalue weighted by Crippen LogP contribution is -2.00. The molecule has 0 saturated carbocycles. The van der Waals surface area contributed by atoms with Crippen LogP contribution in [0.15, 0.2) is 70.7 Å². The van der Waals surface area contributed by atoms with Gasteiger partial charge in [0.2, 0.25) is 0 Å². The van der Waals surface area contributed by atoms with Crippen LogP contribution in [0.25, 0.3) is 6.08 Å². The minimum atomic E-state index is -0.298. The summed E-state index contributed by atoms with van der Waals surface area (Å²) in [6.07, 6.45) is 1.51. The van der Waals surface area contributed by atoms with Crippen LogP contribution in [0.4, 0.5) is 0 Å². The Hall–Kier alpha value is -2.40. The van der Waals surface area contributed by atoms with Gasteiger partial charge in [-0.15, -0.1) is 0 Å². The quantitative estimate of drug-likeness (QED) is 0.300. The van der Waals surface area contributed by atoms with Gasteiger partial charge in [-0.05, 0) is 41.5 Å². The molecule has 3 nitrogen and oxygen atoms in total. The van der Waals surface area contributed by atoms with Gasteiger partial charge in [0.25, 0.3) is 0 Å². The number of halogens is 3. The van der Waals surface area contributed by atoms with E-state index in [9.17, 15) is 9.59 Å². The summed E-state index contributed by atoms with van der Waals surface area (Å²) in [6.45, 7) is 0.305. The first-order valence-electron chi connectivity index (χ1n) is 8.70. The summed E-state index contributed by atoms with van der Waals surface area (Å²) in [5.74, 6) is -0.243. The van der Waals surface area contributed by atoms with Gasteiger partial charge >= 0.3 is 0 Å². The largest absolute Gasteiger partial charge is 0.486 e. The molecule has 0 atom stereocenters. The summed E-state index contributed by atoms with van der Waals surface area (Å²) >= 11 is 16.1. The van der Waals surface area contributed by atoms with Gasteiger partial charge in [-0.1, -0.05) is 75.5 Å². The van der Waals surface area contributed by atoms with Gasteiger partial charge in [0.1, 0.15) is 6.61 Å². The topological polar surface area (TPSA) is 43.4 Å². The number of carbonyl (C=O) groups excluding carboxylic acids is 2. The molecule has 4 rings (SSSR count). The lowest BCUT2D eigenvalue weighted by Gasteiger charge is -2.11. The Balaban J connectivity index is 1.59. The summed E-state index contributed by atoms with van der Waals surface area (Å²) in [4.78, 5) is 25.1. The summed E-state index contributed by atoms with van der Waals surface area (Å²) in [5.41, 5.74) is 2.44. The zero-order valence-electron chi connectivity index (χ0n) is 14.9. The monoisotopic (exact) mass is 486 g/mol. The number of allylic oxidation sites excluding steroid dienone is 1. The van der Waals surface area contributed by atoms with Crippen LogP contribution in [0.5, 0.6) is 5.75 Å². The van der Waals surface area contributed by atoms with Crippen molar-refractivity contribution in [3.05, 3.63) is 103 Å². The number of ether oxygens (including phenoxy) is 1. The Morgan fingerprint density at radius 1 is 0.862 bits per heavy atom. The Labute approximate surface area is 186 Å². The second kappa shape index (κ2) is 8.15. The van der Waals surface area contributed by atoms with Gasteiger partial charge in [0, 0.05) is 15.6 Å². The fourth-order valence-electron chi connectivity index (χ4n) is 3.11. The molecule has 1 aliphatic rings. The number of hydrogen-bond acceptors (Lipinski definition) is 3. The van der Waals surface area contributed by atoms with E-state index in [-0.39, 0.29) is 17.1 Å². The zero-order valence-corrected chi connectivity index (χ0v) is 18.0. The molecule has 0 aromatic heterocycles. The van der Waals surface area contributed by atoms with Crippen LogP contribution in [0.1, 0.15) is 31.8 Å². The van der Waals surface area contributed by atoms with E-state index in [2.05, 4.69) is 15.9 Å². The van der Waals surface area contributed by atoms with Crippen LogP contribution in [0.3, 0.4) is 0 Å². The molecule has 0 heterocycles.